The summed E-state index contributed by atoms with van der Waals surface area (Å²) in [4.78, 5) is 15.3. The van der Waals surface area contributed by atoms with Gasteiger partial charge in [0.2, 0.25) is 5.91 Å². The van der Waals surface area contributed by atoms with Crippen LogP contribution in [0.3, 0.4) is 0 Å². The summed E-state index contributed by atoms with van der Waals surface area (Å²) >= 11 is 5.92. The second kappa shape index (κ2) is 10.9. The van der Waals surface area contributed by atoms with Crippen LogP contribution in [0.5, 0.6) is 0 Å². The summed E-state index contributed by atoms with van der Waals surface area (Å²) in [5.41, 5.74) is 2.57. The van der Waals surface area contributed by atoms with E-state index in [0.717, 1.165) is 23.0 Å². The summed E-state index contributed by atoms with van der Waals surface area (Å²) in [6.07, 6.45) is 3.72. The lowest BCUT2D eigenvalue weighted by molar-refractivity contribution is -0.119. The highest BCUT2D eigenvalue weighted by atomic mass is 35.5. The number of piperidine rings is 1. The van der Waals surface area contributed by atoms with Gasteiger partial charge in [0.25, 0.3) is 10.0 Å². The van der Waals surface area contributed by atoms with Gasteiger partial charge in [-0.3, -0.25) is 9.10 Å². The van der Waals surface area contributed by atoms with Crippen molar-refractivity contribution < 1.29 is 13.2 Å². The first kappa shape index (κ1) is 24.1. The first-order chi connectivity index (χ1) is 16.4. The van der Waals surface area contributed by atoms with Crippen molar-refractivity contribution in [3.8, 4) is 0 Å². The van der Waals surface area contributed by atoms with Crippen molar-refractivity contribution in [3.05, 3.63) is 89.4 Å². The van der Waals surface area contributed by atoms with E-state index in [-0.39, 0.29) is 17.3 Å². The normalized spacial score (nSPS) is 14.0. The van der Waals surface area contributed by atoms with E-state index in [1.54, 1.807) is 30.3 Å². The molecule has 0 saturated carbocycles. The molecule has 0 aliphatic carbocycles. The van der Waals surface area contributed by atoms with E-state index in [4.69, 9.17) is 11.6 Å². The second-order valence-electron chi connectivity index (χ2n) is 8.29. The van der Waals surface area contributed by atoms with Gasteiger partial charge in [0.1, 0.15) is 6.54 Å². The van der Waals surface area contributed by atoms with Crippen molar-refractivity contribution in [2.45, 2.75) is 30.7 Å². The van der Waals surface area contributed by atoms with Crippen LogP contribution < -0.4 is 14.5 Å². The van der Waals surface area contributed by atoms with E-state index < -0.39 is 10.0 Å². The molecular weight excluding hydrogens is 470 g/mol. The summed E-state index contributed by atoms with van der Waals surface area (Å²) in [6.45, 7) is 2.14. The van der Waals surface area contributed by atoms with Gasteiger partial charge in [0.05, 0.1) is 10.6 Å². The van der Waals surface area contributed by atoms with Crippen molar-refractivity contribution in [2.75, 3.05) is 28.8 Å². The monoisotopic (exact) mass is 497 g/mol. The molecule has 0 unspecified atom stereocenters. The maximum atomic E-state index is 13.3. The quantitative estimate of drug-likeness (QED) is 0.483. The number of hydrogen-bond donors (Lipinski definition) is 1. The van der Waals surface area contributed by atoms with Gasteiger partial charge in [-0.05, 0) is 73.4 Å². The Kier molecular flexibility index (Phi) is 7.75. The van der Waals surface area contributed by atoms with Crippen molar-refractivity contribution >= 4 is 38.9 Å². The molecule has 1 aliphatic heterocycles. The first-order valence-corrected chi connectivity index (χ1v) is 13.2. The SMILES string of the molecule is O=C(CN(c1ccccc1)S(=O)(=O)c1ccc(Cl)cc1)NCc1ccc(N2CCCCC2)cc1. The molecule has 0 atom stereocenters. The molecule has 1 fully saturated rings. The summed E-state index contributed by atoms with van der Waals surface area (Å²) in [5.74, 6) is -0.388. The van der Waals surface area contributed by atoms with Gasteiger partial charge in [0, 0.05) is 30.3 Å². The van der Waals surface area contributed by atoms with E-state index in [1.807, 2.05) is 12.1 Å². The Morgan fingerprint density at radius 3 is 2.18 bits per heavy atom. The lowest BCUT2D eigenvalue weighted by atomic mass is 10.1. The Morgan fingerprint density at radius 1 is 0.882 bits per heavy atom. The minimum absolute atomic E-state index is 0.0712. The molecule has 3 aromatic carbocycles. The minimum atomic E-state index is -3.96. The van der Waals surface area contributed by atoms with Crippen molar-refractivity contribution in [1.29, 1.82) is 0 Å². The van der Waals surface area contributed by atoms with Crippen molar-refractivity contribution in [3.63, 3.8) is 0 Å². The number of rotatable bonds is 8. The third-order valence-corrected chi connectivity index (χ3v) is 7.92. The van der Waals surface area contributed by atoms with Gasteiger partial charge < -0.3 is 10.2 Å². The van der Waals surface area contributed by atoms with Gasteiger partial charge in [-0.1, -0.05) is 41.9 Å². The molecular formula is C26H28ClN3O3S. The molecule has 0 bridgehead atoms. The fourth-order valence-corrected chi connectivity index (χ4v) is 5.55. The number of carbonyl (C=O) groups excluding carboxylic acids is 1. The van der Waals surface area contributed by atoms with E-state index in [0.29, 0.717) is 17.3 Å². The summed E-state index contributed by atoms with van der Waals surface area (Å²) in [5, 5.41) is 3.29. The molecule has 178 valence electrons. The van der Waals surface area contributed by atoms with Crippen molar-refractivity contribution in [1.82, 2.24) is 5.32 Å². The molecule has 34 heavy (non-hydrogen) atoms. The number of hydrogen-bond acceptors (Lipinski definition) is 4. The maximum absolute atomic E-state index is 13.3. The fraction of sp³-hybridized carbons (Fsp3) is 0.269. The number of benzene rings is 3. The Morgan fingerprint density at radius 2 is 1.53 bits per heavy atom. The number of carbonyl (C=O) groups is 1. The molecule has 3 aromatic rings. The molecule has 6 nitrogen and oxygen atoms in total. The lowest BCUT2D eigenvalue weighted by Crippen LogP contribution is -2.40. The molecule has 1 saturated heterocycles. The smallest absolute Gasteiger partial charge is 0.264 e. The van der Waals surface area contributed by atoms with E-state index in [1.165, 1.54) is 49.2 Å². The van der Waals surface area contributed by atoms with Gasteiger partial charge in [-0.25, -0.2) is 8.42 Å². The maximum Gasteiger partial charge on any atom is 0.264 e. The first-order valence-electron chi connectivity index (χ1n) is 11.4. The van der Waals surface area contributed by atoms with Gasteiger partial charge >= 0.3 is 0 Å². The van der Waals surface area contributed by atoms with Crippen LogP contribution in [0.1, 0.15) is 24.8 Å². The van der Waals surface area contributed by atoms with Gasteiger partial charge in [-0.15, -0.1) is 0 Å². The zero-order chi connectivity index (χ0) is 24.0. The number of nitrogens with one attached hydrogen (secondary N) is 1. The molecule has 0 spiro atoms. The number of halogens is 1. The average molecular weight is 498 g/mol. The topological polar surface area (TPSA) is 69.7 Å². The van der Waals surface area contributed by atoms with E-state index in [9.17, 15) is 13.2 Å². The van der Waals surface area contributed by atoms with Gasteiger partial charge in [0.15, 0.2) is 0 Å². The van der Waals surface area contributed by atoms with E-state index >= 15 is 0 Å². The van der Waals surface area contributed by atoms with Crippen LogP contribution in [0.25, 0.3) is 0 Å². The van der Waals surface area contributed by atoms with Crippen LogP contribution in [0.15, 0.2) is 83.8 Å². The van der Waals surface area contributed by atoms with Crippen LogP contribution in [0, 0.1) is 0 Å². The largest absolute Gasteiger partial charge is 0.372 e. The highest BCUT2D eigenvalue weighted by Gasteiger charge is 2.27. The fourth-order valence-electron chi connectivity index (χ4n) is 4.01. The van der Waals surface area contributed by atoms with Crippen LogP contribution in [-0.4, -0.2) is 34.0 Å². The van der Waals surface area contributed by atoms with Crippen LogP contribution in [0.4, 0.5) is 11.4 Å². The van der Waals surface area contributed by atoms with Crippen LogP contribution >= 0.6 is 11.6 Å². The van der Waals surface area contributed by atoms with Crippen LogP contribution in [0.2, 0.25) is 5.02 Å². The highest BCUT2D eigenvalue weighted by molar-refractivity contribution is 7.92. The number of amides is 1. The van der Waals surface area contributed by atoms with E-state index in [2.05, 4.69) is 22.3 Å². The lowest BCUT2D eigenvalue weighted by Gasteiger charge is -2.28. The minimum Gasteiger partial charge on any atom is -0.372 e. The number of para-hydroxylation sites is 1. The third-order valence-electron chi connectivity index (χ3n) is 5.88. The summed E-state index contributed by atoms with van der Waals surface area (Å²) < 4.78 is 27.8. The van der Waals surface area contributed by atoms with Crippen molar-refractivity contribution in [2.24, 2.45) is 0 Å². The number of anilines is 2. The molecule has 4 rings (SSSR count). The standard InChI is InChI=1S/C26H28ClN3O3S/c27-22-11-15-25(16-12-22)34(32,33)30(24-7-3-1-4-8-24)20-26(31)28-19-21-9-13-23(14-10-21)29-17-5-2-6-18-29/h1,3-4,7-16H,2,5-6,17-20H2,(H,28,31). The highest BCUT2D eigenvalue weighted by Crippen LogP contribution is 2.24. The van der Waals surface area contributed by atoms with Crippen LogP contribution in [-0.2, 0) is 21.4 Å². The molecule has 1 amide bonds. The molecule has 0 radical (unpaired) electrons. The zero-order valence-corrected chi connectivity index (χ0v) is 20.4. The third kappa shape index (κ3) is 5.90. The number of sulfonamides is 1. The second-order valence-corrected chi connectivity index (χ2v) is 10.6. The average Bonchev–Trinajstić information content (AvgIpc) is 2.87. The van der Waals surface area contributed by atoms with Gasteiger partial charge in [-0.2, -0.15) is 0 Å². The molecule has 1 heterocycles. The molecule has 1 aliphatic rings. The Labute approximate surface area is 206 Å². The molecule has 0 aromatic heterocycles. The summed E-state index contributed by atoms with van der Waals surface area (Å²) in [7, 11) is -3.96. The Hall–Kier alpha value is -3.03. The predicted molar refractivity (Wildman–Crippen MR) is 137 cm³/mol. The summed E-state index contributed by atoms with van der Waals surface area (Å²) in [6, 6.07) is 22.7. The predicted octanol–water partition coefficient (Wildman–Crippen LogP) is 4.84. The molecule has 1 N–H and O–H groups in total. The Balaban J connectivity index is 1.44. The zero-order valence-electron chi connectivity index (χ0n) is 18.9. The Bertz CT molecular complexity index is 1190. The number of nitrogens with zero attached hydrogens (tertiary/aromatic N) is 2. The molecule has 8 heteroatoms.